The molecule has 1 aromatic heterocycles. The molecule has 6 nitrogen and oxygen atoms in total. The fourth-order valence-electron chi connectivity index (χ4n) is 3.88. The van der Waals surface area contributed by atoms with Crippen LogP contribution in [0.5, 0.6) is 0 Å². The Bertz CT molecular complexity index is 613. The Morgan fingerprint density at radius 1 is 1.24 bits per heavy atom. The van der Waals surface area contributed by atoms with E-state index in [2.05, 4.69) is 21.2 Å². The Morgan fingerprint density at radius 3 is 2.60 bits per heavy atom. The number of β-amino-alcohol motifs (C(OH)–C–C–N with tert-alkyl or cyclic N) is 1. The second-order valence-electron chi connectivity index (χ2n) is 7.17. The topological polar surface area (TPSA) is 75.4 Å². The van der Waals surface area contributed by atoms with Crippen molar-refractivity contribution in [1.29, 1.82) is 5.26 Å². The predicted molar refractivity (Wildman–Crippen MR) is 99.9 cm³/mol. The number of piperazine rings is 1. The van der Waals surface area contributed by atoms with E-state index in [1.54, 1.807) is 0 Å². The zero-order valence-electron chi connectivity index (χ0n) is 15.2. The third kappa shape index (κ3) is 4.42. The highest BCUT2D eigenvalue weighted by atomic mass is 16.3. The summed E-state index contributed by atoms with van der Waals surface area (Å²) in [6.07, 6.45) is 6.31. The van der Waals surface area contributed by atoms with Crippen molar-refractivity contribution < 1.29 is 5.11 Å². The molecule has 1 saturated carbocycles. The van der Waals surface area contributed by atoms with E-state index in [9.17, 15) is 5.26 Å². The molecule has 0 amide bonds. The van der Waals surface area contributed by atoms with Gasteiger partial charge in [-0.15, -0.1) is 0 Å². The Morgan fingerprint density at radius 2 is 1.96 bits per heavy atom. The largest absolute Gasteiger partial charge is 0.395 e. The third-order valence-electron chi connectivity index (χ3n) is 5.35. The maximum atomic E-state index is 9.60. The van der Waals surface area contributed by atoms with Crippen LogP contribution in [-0.2, 0) is 0 Å². The second kappa shape index (κ2) is 8.50. The van der Waals surface area contributed by atoms with Crippen LogP contribution in [0.4, 0.5) is 11.6 Å². The first-order valence-corrected chi connectivity index (χ1v) is 9.47. The van der Waals surface area contributed by atoms with E-state index in [1.165, 1.54) is 32.1 Å². The van der Waals surface area contributed by atoms with Crippen LogP contribution in [0.15, 0.2) is 6.07 Å². The van der Waals surface area contributed by atoms with Gasteiger partial charge in [0.1, 0.15) is 17.7 Å². The summed E-state index contributed by atoms with van der Waals surface area (Å²) < 4.78 is 0. The number of hydrogen-bond acceptors (Lipinski definition) is 6. The van der Waals surface area contributed by atoms with E-state index >= 15 is 0 Å². The van der Waals surface area contributed by atoms with Gasteiger partial charge in [0.2, 0.25) is 0 Å². The van der Waals surface area contributed by atoms with Gasteiger partial charge in [0.15, 0.2) is 0 Å². The Kier molecular flexibility index (Phi) is 6.11. The highest BCUT2D eigenvalue weighted by molar-refractivity contribution is 5.62. The molecule has 0 atom stereocenters. The van der Waals surface area contributed by atoms with E-state index in [0.29, 0.717) is 18.2 Å². The lowest BCUT2D eigenvalue weighted by atomic mass is 9.95. The molecule has 1 aliphatic heterocycles. The molecule has 1 aliphatic carbocycles. The van der Waals surface area contributed by atoms with Crippen LogP contribution in [0.2, 0.25) is 0 Å². The average Bonchev–Trinajstić information content (AvgIpc) is 2.63. The second-order valence-corrected chi connectivity index (χ2v) is 7.17. The van der Waals surface area contributed by atoms with Crippen molar-refractivity contribution in [2.75, 3.05) is 49.5 Å². The van der Waals surface area contributed by atoms with Gasteiger partial charge < -0.3 is 15.3 Å². The van der Waals surface area contributed by atoms with Crippen LogP contribution >= 0.6 is 0 Å². The summed E-state index contributed by atoms with van der Waals surface area (Å²) in [5, 5.41) is 22.3. The number of aliphatic hydroxyl groups is 1. The molecule has 6 heteroatoms. The number of rotatable bonds is 5. The lowest BCUT2D eigenvalue weighted by Crippen LogP contribution is -2.47. The zero-order valence-corrected chi connectivity index (χ0v) is 15.2. The molecule has 25 heavy (non-hydrogen) atoms. The highest BCUT2D eigenvalue weighted by Crippen LogP contribution is 2.27. The minimum atomic E-state index is 0.196. The van der Waals surface area contributed by atoms with Crippen molar-refractivity contribution in [3.63, 3.8) is 0 Å². The van der Waals surface area contributed by atoms with Crippen LogP contribution < -0.4 is 10.2 Å². The Labute approximate surface area is 150 Å². The van der Waals surface area contributed by atoms with Crippen molar-refractivity contribution in [3.05, 3.63) is 17.2 Å². The first kappa shape index (κ1) is 18.0. The third-order valence-corrected chi connectivity index (χ3v) is 5.35. The summed E-state index contributed by atoms with van der Waals surface area (Å²) in [7, 11) is 0. The number of aliphatic hydroxyl groups excluding tert-OH is 1. The number of aromatic nitrogens is 1. The first-order chi connectivity index (χ1) is 12.2. The van der Waals surface area contributed by atoms with Crippen LogP contribution in [0.25, 0.3) is 0 Å². The van der Waals surface area contributed by atoms with Crippen LogP contribution in [0.1, 0.15) is 43.2 Å². The number of pyridine rings is 1. The van der Waals surface area contributed by atoms with Gasteiger partial charge in [-0.2, -0.15) is 5.26 Å². The SMILES string of the molecule is Cc1cc(NC2CCCCC2)nc(N2CCN(CCO)CC2)c1C#N. The minimum Gasteiger partial charge on any atom is -0.395 e. The molecular weight excluding hydrogens is 314 g/mol. The lowest BCUT2D eigenvalue weighted by Gasteiger charge is -2.36. The molecule has 0 spiro atoms. The monoisotopic (exact) mass is 343 g/mol. The summed E-state index contributed by atoms with van der Waals surface area (Å²) in [6, 6.07) is 4.86. The fourth-order valence-corrected chi connectivity index (χ4v) is 3.88. The van der Waals surface area contributed by atoms with Crippen LogP contribution in [0, 0.1) is 18.3 Å². The Balaban J connectivity index is 1.76. The van der Waals surface area contributed by atoms with E-state index in [-0.39, 0.29) is 6.61 Å². The van der Waals surface area contributed by atoms with Crippen molar-refractivity contribution in [1.82, 2.24) is 9.88 Å². The lowest BCUT2D eigenvalue weighted by molar-refractivity contribution is 0.188. The molecule has 136 valence electrons. The number of nitrogens with zero attached hydrogens (tertiary/aromatic N) is 4. The smallest absolute Gasteiger partial charge is 0.149 e. The molecule has 2 heterocycles. The van der Waals surface area contributed by atoms with Crippen molar-refractivity contribution >= 4 is 11.6 Å². The van der Waals surface area contributed by atoms with Gasteiger partial charge in [-0.3, -0.25) is 4.90 Å². The van der Waals surface area contributed by atoms with Gasteiger partial charge in [0.05, 0.1) is 12.2 Å². The van der Waals surface area contributed by atoms with E-state index in [0.717, 1.165) is 43.4 Å². The zero-order chi connectivity index (χ0) is 17.6. The summed E-state index contributed by atoms with van der Waals surface area (Å²) in [4.78, 5) is 9.28. The van der Waals surface area contributed by atoms with Crippen molar-refractivity contribution in [3.8, 4) is 6.07 Å². The van der Waals surface area contributed by atoms with Gasteiger partial charge in [-0.1, -0.05) is 19.3 Å². The van der Waals surface area contributed by atoms with Crippen LogP contribution in [-0.4, -0.2) is 60.4 Å². The van der Waals surface area contributed by atoms with E-state index < -0.39 is 0 Å². The number of hydrogen-bond donors (Lipinski definition) is 2. The summed E-state index contributed by atoms with van der Waals surface area (Å²) in [5.74, 6) is 1.71. The minimum absolute atomic E-state index is 0.196. The summed E-state index contributed by atoms with van der Waals surface area (Å²) >= 11 is 0. The van der Waals surface area contributed by atoms with Crippen LogP contribution in [0.3, 0.4) is 0 Å². The molecule has 1 aromatic rings. The van der Waals surface area contributed by atoms with Crippen molar-refractivity contribution in [2.45, 2.75) is 45.1 Å². The van der Waals surface area contributed by atoms with E-state index in [1.807, 2.05) is 13.0 Å². The molecule has 2 fully saturated rings. The molecular formula is C19H29N5O. The molecule has 0 aromatic carbocycles. The normalized spacial score (nSPS) is 19.6. The quantitative estimate of drug-likeness (QED) is 0.853. The molecule has 0 radical (unpaired) electrons. The van der Waals surface area contributed by atoms with E-state index in [4.69, 9.17) is 10.1 Å². The Hall–Kier alpha value is -1.84. The maximum Gasteiger partial charge on any atom is 0.149 e. The first-order valence-electron chi connectivity index (χ1n) is 9.47. The van der Waals surface area contributed by atoms with Gasteiger partial charge in [-0.25, -0.2) is 4.98 Å². The number of anilines is 2. The summed E-state index contributed by atoms with van der Waals surface area (Å²) in [5.41, 5.74) is 1.67. The highest BCUT2D eigenvalue weighted by Gasteiger charge is 2.22. The van der Waals surface area contributed by atoms with Crippen molar-refractivity contribution in [2.24, 2.45) is 0 Å². The standard InChI is InChI=1S/C19H29N5O/c1-15-13-18(21-16-5-3-2-4-6-16)22-19(17(15)14-20)24-9-7-23(8-10-24)11-12-25/h13,16,25H,2-12H2,1H3,(H,21,22). The molecule has 0 bridgehead atoms. The molecule has 3 rings (SSSR count). The molecule has 1 saturated heterocycles. The summed E-state index contributed by atoms with van der Waals surface area (Å²) in [6.45, 7) is 6.38. The van der Waals surface area contributed by atoms with Gasteiger partial charge >= 0.3 is 0 Å². The predicted octanol–water partition coefficient (Wildman–Crippen LogP) is 2.12. The van der Waals surface area contributed by atoms with Gasteiger partial charge in [-0.05, 0) is 31.4 Å². The molecule has 2 N–H and O–H groups in total. The number of aryl methyl sites for hydroxylation is 1. The fraction of sp³-hybridized carbons (Fsp3) is 0.684. The molecule has 2 aliphatic rings. The van der Waals surface area contributed by atoms with Gasteiger partial charge in [0.25, 0.3) is 0 Å². The molecule has 0 unspecified atom stereocenters. The number of nitrogens with one attached hydrogen (secondary N) is 1. The maximum absolute atomic E-state index is 9.60. The average molecular weight is 343 g/mol. The van der Waals surface area contributed by atoms with Gasteiger partial charge in [0, 0.05) is 38.8 Å². The number of nitriles is 1.